The lowest BCUT2D eigenvalue weighted by Gasteiger charge is -2.07. The van der Waals surface area contributed by atoms with Crippen LogP contribution in [0.5, 0.6) is 0 Å². The maximum Gasteiger partial charge on any atom is 0.266 e. The summed E-state index contributed by atoms with van der Waals surface area (Å²) in [7, 11) is 0. The van der Waals surface area contributed by atoms with Gasteiger partial charge in [-0.2, -0.15) is 5.10 Å². The SMILES string of the molecule is O=C(CCn1nc(-c2ccc(Cl)cc2)ccc1=O)NC1CC1. The number of carbonyl (C=O) groups is 1. The van der Waals surface area contributed by atoms with Crippen LogP contribution in [0.25, 0.3) is 11.3 Å². The third-order valence-corrected chi connectivity index (χ3v) is 3.75. The molecular weight excluding hydrogens is 302 g/mol. The third kappa shape index (κ3) is 3.74. The molecule has 5 nitrogen and oxygen atoms in total. The molecule has 0 unspecified atom stereocenters. The van der Waals surface area contributed by atoms with Crippen molar-refractivity contribution in [3.05, 3.63) is 51.8 Å². The van der Waals surface area contributed by atoms with Gasteiger partial charge >= 0.3 is 0 Å². The van der Waals surface area contributed by atoms with Crippen molar-refractivity contribution in [2.45, 2.75) is 31.8 Å². The molecule has 1 fully saturated rings. The largest absolute Gasteiger partial charge is 0.353 e. The average molecular weight is 318 g/mol. The second-order valence-corrected chi connectivity index (χ2v) is 5.82. The summed E-state index contributed by atoms with van der Waals surface area (Å²) < 4.78 is 1.33. The normalized spacial score (nSPS) is 13.9. The molecule has 0 aliphatic heterocycles. The van der Waals surface area contributed by atoms with E-state index >= 15 is 0 Å². The van der Waals surface area contributed by atoms with Crippen molar-refractivity contribution in [3.8, 4) is 11.3 Å². The zero-order chi connectivity index (χ0) is 15.5. The van der Waals surface area contributed by atoms with Gasteiger partial charge in [0.05, 0.1) is 12.2 Å². The van der Waals surface area contributed by atoms with E-state index in [0.717, 1.165) is 18.4 Å². The highest BCUT2D eigenvalue weighted by molar-refractivity contribution is 6.30. The van der Waals surface area contributed by atoms with Gasteiger partial charge in [-0.1, -0.05) is 23.7 Å². The minimum absolute atomic E-state index is 0.0342. The maximum atomic E-state index is 11.9. The fourth-order valence-electron chi connectivity index (χ4n) is 2.12. The molecular formula is C16H16ClN3O2. The number of rotatable bonds is 5. The Bertz CT molecular complexity index is 736. The summed E-state index contributed by atoms with van der Waals surface area (Å²) in [6, 6.07) is 10.7. The first-order valence-electron chi connectivity index (χ1n) is 7.25. The lowest BCUT2D eigenvalue weighted by molar-refractivity contribution is -0.121. The number of halogens is 1. The lowest BCUT2D eigenvalue weighted by atomic mass is 10.1. The number of aromatic nitrogens is 2. The molecule has 114 valence electrons. The van der Waals surface area contributed by atoms with Gasteiger partial charge < -0.3 is 5.32 Å². The highest BCUT2D eigenvalue weighted by atomic mass is 35.5. The fourth-order valence-corrected chi connectivity index (χ4v) is 2.24. The summed E-state index contributed by atoms with van der Waals surface area (Å²) in [6.07, 6.45) is 2.36. The van der Waals surface area contributed by atoms with Crippen molar-refractivity contribution in [2.75, 3.05) is 0 Å². The molecule has 22 heavy (non-hydrogen) atoms. The van der Waals surface area contributed by atoms with Crippen LogP contribution in [0.15, 0.2) is 41.2 Å². The Morgan fingerprint density at radius 1 is 1.23 bits per heavy atom. The number of nitrogens with zero attached hydrogens (tertiary/aromatic N) is 2. The Balaban J connectivity index is 1.73. The van der Waals surface area contributed by atoms with E-state index in [2.05, 4.69) is 10.4 Å². The van der Waals surface area contributed by atoms with Gasteiger partial charge in [0.2, 0.25) is 5.91 Å². The van der Waals surface area contributed by atoms with Gasteiger partial charge in [0.1, 0.15) is 0 Å². The molecule has 0 bridgehead atoms. The zero-order valence-corrected chi connectivity index (χ0v) is 12.7. The van der Waals surface area contributed by atoms with Crippen LogP contribution in [0.2, 0.25) is 5.02 Å². The summed E-state index contributed by atoms with van der Waals surface area (Å²) in [5, 5.41) is 7.87. The van der Waals surface area contributed by atoms with E-state index in [4.69, 9.17) is 11.6 Å². The minimum Gasteiger partial charge on any atom is -0.353 e. The second kappa shape index (κ2) is 6.32. The quantitative estimate of drug-likeness (QED) is 0.919. The van der Waals surface area contributed by atoms with Crippen LogP contribution in [-0.4, -0.2) is 21.7 Å². The number of carbonyl (C=O) groups excluding carboxylic acids is 1. The van der Waals surface area contributed by atoms with Gasteiger partial charge in [0, 0.05) is 29.1 Å². The number of aryl methyl sites for hydroxylation is 1. The number of hydrogen-bond donors (Lipinski definition) is 1. The summed E-state index contributed by atoms with van der Waals surface area (Å²) in [4.78, 5) is 23.6. The van der Waals surface area contributed by atoms with E-state index in [1.54, 1.807) is 18.2 Å². The third-order valence-electron chi connectivity index (χ3n) is 3.50. The summed E-state index contributed by atoms with van der Waals surface area (Å²) in [6.45, 7) is 0.277. The van der Waals surface area contributed by atoms with Crippen LogP contribution in [0, 0.1) is 0 Å². The van der Waals surface area contributed by atoms with Crippen LogP contribution in [0.4, 0.5) is 0 Å². The predicted molar refractivity (Wildman–Crippen MR) is 84.7 cm³/mol. The molecule has 1 saturated carbocycles. The van der Waals surface area contributed by atoms with Crippen LogP contribution in [0.1, 0.15) is 19.3 Å². The molecule has 1 aromatic carbocycles. The molecule has 1 amide bonds. The van der Waals surface area contributed by atoms with Crippen molar-refractivity contribution >= 4 is 17.5 Å². The molecule has 1 aliphatic rings. The molecule has 6 heteroatoms. The van der Waals surface area contributed by atoms with Gasteiger partial charge in [0.25, 0.3) is 5.56 Å². The van der Waals surface area contributed by atoms with Crippen molar-refractivity contribution in [3.63, 3.8) is 0 Å². The Morgan fingerprint density at radius 3 is 2.64 bits per heavy atom. The molecule has 2 aromatic rings. The Hall–Kier alpha value is -2.14. The van der Waals surface area contributed by atoms with Gasteiger partial charge in [-0.15, -0.1) is 0 Å². The smallest absolute Gasteiger partial charge is 0.266 e. The maximum absolute atomic E-state index is 11.9. The highest BCUT2D eigenvalue weighted by Gasteiger charge is 2.22. The highest BCUT2D eigenvalue weighted by Crippen LogP contribution is 2.19. The van der Waals surface area contributed by atoms with E-state index in [1.165, 1.54) is 10.7 Å². The van der Waals surface area contributed by atoms with Gasteiger partial charge in [0.15, 0.2) is 0 Å². The number of amides is 1. The topological polar surface area (TPSA) is 64.0 Å². The van der Waals surface area contributed by atoms with Gasteiger partial charge in [-0.3, -0.25) is 9.59 Å². The van der Waals surface area contributed by atoms with Crippen molar-refractivity contribution in [1.82, 2.24) is 15.1 Å². The first kappa shape index (κ1) is 14.8. The molecule has 1 heterocycles. The van der Waals surface area contributed by atoms with Crippen molar-refractivity contribution in [1.29, 1.82) is 0 Å². The molecule has 1 N–H and O–H groups in total. The van der Waals surface area contributed by atoms with Crippen molar-refractivity contribution < 1.29 is 4.79 Å². The number of benzene rings is 1. The van der Waals surface area contributed by atoms with Gasteiger partial charge in [-0.25, -0.2) is 4.68 Å². The lowest BCUT2D eigenvalue weighted by Crippen LogP contribution is -2.29. The summed E-state index contributed by atoms with van der Waals surface area (Å²) in [5.74, 6) is -0.0342. The molecule has 3 rings (SSSR count). The Labute approximate surface area is 132 Å². The molecule has 0 saturated heterocycles. The number of hydrogen-bond acceptors (Lipinski definition) is 3. The molecule has 0 atom stereocenters. The summed E-state index contributed by atoms with van der Waals surface area (Å²) in [5.41, 5.74) is 1.34. The fraction of sp³-hybridized carbons (Fsp3) is 0.312. The van der Waals surface area contributed by atoms with Gasteiger partial charge in [-0.05, 0) is 31.0 Å². The van der Waals surface area contributed by atoms with Crippen molar-refractivity contribution in [2.24, 2.45) is 0 Å². The molecule has 0 spiro atoms. The van der Waals surface area contributed by atoms with Crippen LogP contribution in [-0.2, 0) is 11.3 Å². The zero-order valence-electron chi connectivity index (χ0n) is 12.0. The summed E-state index contributed by atoms with van der Waals surface area (Å²) >= 11 is 5.87. The van der Waals surface area contributed by atoms with Crippen LogP contribution >= 0.6 is 11.6 Å². The number of nitrogens with one attached hydrogen (secondary N) is 1. The standard InChI is InChI=1S/C16H16ClN3O2/c17-12-3-1-11(2-4-12)14-7-8-16(22)20(19-14)10-9-15(21)18-13-5-6-13/h1-4,7-8,13H,5-6,9-10H2,(H,18,21). The van der Waals surface area contributed by atoms with E-state index in [0.29, 0.717) is 16.8 Å². The predicted octanol–water partition coefficient (Wildman–Crippen LogP) is 2.23. The minimum atomic E-state index is -0.211. The van der Waals surface area contributed by atoms with Crippen LogP contribution in [0.3, 0.4) is 0 Å². The molecule has 1 aliphatic carbocycles. The molecule has 1 aromatic heterocycles. The first-order chi connectivity index (χ1) is 10.6. The average Bonchev–Trinajstić information content (AvgIpc) is 3.31. The van der Waals surface area contributed by atoms with Crippen LogP contribution < -0.4 is 10.9 Å². The van der Waals surface area contributed by atoms with E-state index in [9.17, 15) is 9.59 Å². The Morgan fingerprint density at radius 2 is 1.95 bits per heavy atom. The van der Waals surface area contributed by atoms with E-state index in [1.807, 2.05) is 12.1 Å². The molecule has 0 radical (unpaired) electrons. The second-order valence-electron chi connectivity index (χ2n) is 5.38. The monoisotopic (exact) mass is 317 g/mol. The first-order valence-corrected chi connectivity index (χ1v) is 7.63. The van der Waals surface area contributed by atoms with E-state index < -0.39 is 0 Å². The Kier molecular flexibility index (Phi) is 4.24. The van der Waals surface area contributed by atoms with E-state index in [-0.39, 0.29) is 24.4 Å².